The van der Waals surface area contributed by atoms with Gasteiger partial charge in [0, 0.05) is 11.1 Å². The SMILES string of the molecule is COc1c(Br)cc(C(C)C(=O)O)c(OC)c1C. The molecule has 0 fully saturated rings. The van der Waals surface area contributed by atoms with Crippen LogP contribution in [0.1, 0.15) is 24.0 Å². The Morgan fingerprint density at radius 2 is 1.88 bits per heavy atom. The minimum absolute atomic E-state index is 0.556. The number of aliphatic carboxylic acids is 1. The van der Waals surface area contributed by atoms with E-state index in [1.54, 1.807) is 20.1 Å². The number of rotatable bonds is 4. The topological polar surface area (TPSA) is 55.8 Å². The van der Waals surface area contributed by atoms with Gasteiger partial charge in [-0.25, -0.2) is 0 Å². The molecule has 0 heterocycles. The number of methoxy groups -OCH3 is 2. The summed E-state index contributed by atoms with van der Waals surface area (Å²) < 4.78 is 11.2. The molecule has 1 atom stereocenters. The van der Waals surface area contributed by atoms with Gasteiger partial charge in [0.15, 0.2) is 0 Å². The zero-order valence-corrected chi connectivity index (χ0v) is 11.8. The monoisotopic (exact) mass is 302 g/mol. The van der Waals surface area contributed by atoms with Gasteiger partial charge < -0.3 is 14.6 Å². The molecule has 0 amide bonds. The quantitative estimate of drug-likeness (QED) is 0.929. The van der Waals surface area contributed by atoms with Gasteiger partial charge in [0.1, 0.15) is 11.5 Å². The second-order valence-electron chi connectivity index (χ2n) is 3.70. The van der Waals surface area contributed by atoms with Crippen molar-refractivity contribution >= 4 is 21.9 Å². The number of hydrogen-bond acceptors (Lipinski definition) is 3. The highest BCUT2D eigenvalue weighted by molar-refractivity contribution is 9.10. The second-order valence-corrected chi connectivity index (χ2v) is 4.55. The summed E-state index contributed by atoms with van der Waals surface area (Å²) in [7, 11) is 3.08. The summed E-state index contributed by atoms with van der Waals surface area (Å²) in [6.07, 6.45) is 0. The second kappa shape index (κ2) is 5.40. The van der Waals surface area contributed by atoms with Crippen LogP contribution in [0.5, 0.6) is 11.5 Å². The summed E-state index contributed by atoms with van der Waals surface area (Å²) in [4.78, 5) is 11.0. The van der Waals surface area contributed by atoms with Crippen molar-refractivity contribution in [1.82, 2.24) is 0 Å². The molecule has 0 saturated carbocycles. The lowest BCUT2D eigenvalue weighted by Gasteiger charge is -2.18. The van der Waals surface area contributed by atoms with Crippen molar-refractivity contribution in [3.63, 3.8) is 0 Å². The Balaban J connectivity index is 3.46. The molecule has 0 aliphatic carbocycles. The van der Waals surface area contributed by atoms with Gasteiger partial charge in [-0.1, -0.05) is 0 Å². The Hall–Kier alpha value is -1.23. The van der Waals surface area contributed by atoms with Crippen LogP contribution in [0.25, 0.3) is 0 Å². The Kier molecular flexibility index (Phi) is 4.40. The summed E-state index contributed by atoms with van der Waals surface area (Å²) in [5.74, 6) is -0.311. The van der Waals surface area contributed by atoms with Crippen LogP contribution < -0.4 is 9.47 Å². The highest BCUT2D eigenvalue weighted by Crippen LogP contribution is 2.40. The average molecular weight is 303 g/mol. The van der Waals surface area contributed by atoms with Gasteiger partial charge in [0.25, 0.3) is 0 Å². The van der Waals surface area contributed by atoms with Gasteiger partial charge in [0.05, 0.1) is 24.6 Å². The summed E-state index contributed by atoms with van der Waals surface area (Å²) in [5.41, 5.74) is 1.41. The zero-order chi connectivity index (χ0) is 13.2. The van der Waals surface area contributed by atoms with E-state index in [1.807, 2.05) is 6.92 Å². The maximum absolute atomic E-state index is 11.0. The van der Waals surface area contributed by atoms with Gasteiger partial charge in [-0.3, -0.25) is 4.79 Å². The lowest BCUT2D eigenvalue weighted by Crippen LogP contribution is -2.10. The molecule has 1 N–H and O–H groups in total. The van der Waals surface area contributed by atoms with Gasteiger partial charge >= 0.3 is 5.97 Å². The molecular formula is C12H15BrO4. The third kappa shape index (κ3) is 2.54. The van der Waals surface area contributed by atoms with E-state index >= 15 is 0 Å². The fourth-order valence-corrected chi connectivity index (χ4v) is 2.45. The number of hydrogen-bond donors (Lipinski definition) is 1. The van der Waals surface area contributed by atoms with Crippen molar-refractivity contribution < 1.29 is 19.4 Å². The first kappa shape index (κ1) is 13.8. The minimum Gasteiger partial charge on any atom is -0.496 e. The van der Waals surface area contributed by atoms with E-state index in [9.17, 15) is 4.79 Å². The summed E-state index contributed by atoms with van der Waals surface area (Å²) >= 11 is 3.37. The number of halogens is 1. The molecule has 4 nitrogen and oxygen atoms in total. The van der Waals surface area contributed by atoms with Crippen LogP contribution in [0, 0.1) is 6.92 Å². The first-order chi connectivity index (χ1) is 7.93. The zero-order valence-electron chi connectivity index (χ0n) is 10.2. The smallest absolute Gasteiger partial charge is 0.310 e. The molecule has 1 aromatic rings. The van der Waals surface area contributed by atoms with Crippen molar-refractivity contribution in [3.8, 4) is 11.5 Å². The van der Waals surface area contributed by atoms with Crippen LogP contribution in [-0.2, 0) is 4.79 Å². The normalized spacial score (nSPS) is 12.1. The average Bonchev–Trinajstić information content (AvgIpc) is 2.27. The van der Waals surface area contributed by atoms with Gasteiger partial charge in [-0.05, 0) is 35.8 Å². The van der Waals surface area contributed by atoms with Crippen LogP contribution >= 0.6 is 15.9 Å². The Labute approximate surface area is 109 Å². The highest BCUT2D eigenvalue weighted by atomic mass is 79.9. The molecule has 0 aliphatic rings. The van der Waals surface area contributed by atoms with Crippen molar-refractivity contribution in [2.75, 3.05) is 14.2 Å². The predicted molar refractivity (Wildman–Crippen MR) is 68.0 cm³/mol. The maximum atomic E-state index is 11.0. The van der Waals surface area contributed by atoms with Gasteiger partial charge in [0.2, 0.25) is 0 Å². The molecular weight excluding hydrogens is 288 g/mol. The van der Waals surface area contributed by atoms with Crippen LogP contribution in [0.4, 0.5) is 0 Å². The van der Waals surface area contributed by atoms with E-state index in [4.69, 9.17) is 14.6 Å². The Morgan fingerprint density at radius 3 is 2.29 bits per heavy atom. The van der Waals surface area contributed by atoms with Crippen LogP contribution in [-0.4, -0.2) is 25.3 Å². The number of benzene rings is 1. The predicted octanol–water partition coefficient (Wildman–Crippen LogP) is 2.96. The van der Waals surface area contributed by atoms with Crippen molar-refractivity contribution in [2.45, 2.75) is 19.8 Å². The Bertz CT molecular complexity index is 443. The Morgan fingerprint density at radius 1 is 1.35 bits per heavy atom. The van der Waals surface area contributed by atoms with E-state index in [0.717, 1.165) is 10.0 Å². The molecule has 17 heavy (non-hydrogen) atoms. The van der Waals surface area contributed by atoms with Crippen molar-refractivity contribution in [3.05, 3.63) is 21.7 Å². The first-order valence-corrected chi connectivity index (χ1v) is 5.87. The lowest BCUT2D eigenvalue weighted by atomic mass is 9.97. The molecule has 0 radical (unpaired) electrons. The fraction of sp³-hybridized carbons (Fsp3) is 0.417. The summed E-state index contributed by atoms with van der Waals surface area (Å²) in [6, 6.07) is 1.73. The van der Waals surface area contributed by atoms with E-state index in [-0.39, 0.29) is 0 Å². The van der Waals surface area contributed by atoms with Gasteiger partial charge in [-0.2, -0.15) is 0 Å². The van der Waals surface area contributed by atoms with E-state index in [0.29, 0.717) is 17.1 Å². The molecule has 5 heteroatoms. The third-order valence-electron chi connectivity index (χ3n) is 2.69. The van der Waals surface area contributed by atoms with E-state index < -0.39 is 11.9 Å². The fourth-order valence-electron chi connectivity index (χ4n) is 1.74. The van der Waals surface area contributed by atoms with Crippen LogP contribution in [0.2, 0.25) is 0 Å². The first-order valence-electron chi connectivity index (χ1n) is 5.07. The molecule has 94 valence electrons. The summed E-state index contributed by atoms with van der Waals surface area (Å²) in [6.45, 7) is 3.46. The molecule has 1 aromatic carbocycles. The van der Waals surface area contributed by atoms with E-state index in [2.05, 4.69) is 15.9 Å². The van der Waals surface area contributed by atoms with Crippen molar-refractivity contribution in [2.24, 2.45) is 0 Å². The van der Waals surface area contributed by atoms with Crippen molar-refractivity contribution in [1.29, 1.82) is 0 Å². The number of carbonyl (C=O) groups is 1. The van der Waals surface area contributed by atoms with Crippen LogP contribution in [0.3, 0.4) is 0 Å². The summed E-state index contributed by atoms with van der Waals surface area (Å²) in [5, 5.41) is 9.06. The standard InChI is InChI=1S/C12H15BrO4/c1-6(12(14)15)8-5-9(13)11(17-4)7(2)10(8)16-3/h5-6H,1-4H3,(H,14,15). The molecule has 0 spiro atoms. The molecule has 0 bridgehead atoms. The maximum Gasteiger partial charge on any atom is 0.310 e. The number of carboxylic acid groups (broad SMARTS) is 1. The molecule has 0 aromatic heterocycles. The van der Waals surface area contributed by atoms with Crippen LogP contribution in [0.15, 0.2) is 10.5 Å². The minimum atomic E-state index is -0.889. The number of carboxylic acids is 1. The third-order valence-corrected chi connectivity index (χ3v) is 3.28. The van der Waals surface area contributed by atoms with Gasteiger partial charge in [-0.15, -0.1) is 0 Å². The largest absolute Gasteiger partial charge is 0.496 e. The number of ether oxygens (including phenoxy) is 2. The lowest BCUT2D eigenvalue weighted by molar-refractivity contribution is -0.138. The highest BCUT2D eigenvalue weighted by Gasteiger charge is 2.23. The molecule has 0 aliphatic heterocycles. The molecule has 1 rings (SSSR count). The molecule has 0 saturated heterocycles. The molecule has 1 unspecified atom stereocenters. The van der Waals surface area contributed by atoms with E-state index in [1.165, 1.54) is 7.11 Å².